The number of aromatic nitrogens is 1. The molecule has 0 atom stereocenters. The van der Waals surface area contributed by atoms with Crippen LogP contribution in [0.25, 0.3) is 10.9 Å². The number of hydrogen-bond donors (Lipinski definition) is 0. The lowest BCUT2D eigenvalue weighted by Gasteiger charge is -2.32. The van der Waals surface area contributed by atoms with E-state index in [9.17, 15) is 0 Å². The Morgan fingerprint density at radius 1 is 1.04 bits per heavy atom. The lowest BCUT2D eigenvalue weighted by molar-refractivity contribution is 0.153. The van der Waals surface area contributed by atoms with Crippen LogP contribution in [0.1, 0.15) is 30.2 Å². The molecule has 3 rings (SSSR count). The minimum atomic E-state index is 1.06. The second kappa shape index (κ2) is 7.06. The summed E-state index contributed by atoms with van der Waals surface area (Å²) in [5, 5.41) is 1.47. The van der Waals surface area contributed by atoms with Gasteiger partial charge in [-0.2, -0.15) is 0 Å². The largest absolute Gasteiger partial charge is 0.345 e. The molecule has 1 aliphatic heterocycles. The molecule has 126 valence electrons. The Bertz CT molecular complexity index is 663. The number of rotatable bonds is 5. The molecule has 1 fully saturated rings. The molecule has 1 saturated heterocycles. The van der Waals surface area contributed by atoms with E-state index in [1.165, 1.54) is 67.7 Å². The quantitative estimate of drug-likeness (QED) is 0.837. The number of likely N-dealkylation sites (N-methyl/N-ethyl adjacent to an activating group) is 1. The van der Waals surface area contributed by atoms with Crippen molar-refractivity contribution in [1.29, 1.82) is 0 Å². The number of aryl methyl sites for hydroxylation is 3. The molecular formula is C20H31N3. The molecule has 3 heteroatoms. The molecule has 1 aromatic heterocycles. The molecule has 0 bridgehead atoms. The molecule has 0 amide bonds. The average molecular weight is 313 g/mol. The Morgan fingerprint density at radius 2 is 1.78 bits per heavy atom. The first-order valence-corrected chi connectivity index (χ1v) is 9.09. The highest BCUT2D eigenvalue weighted by atomic mass is 15.2. The van der Waals surface area contributed by atoms with Gasteiger partial charge in [0.1, 0.15) is 0 Å². The number of hydrogen-bond acceptors (Lipinski definition) is 2. The first kappa shape index (κ1) is 16.5. The van der Waals surface area contributed by atoms with Gasteiger partial charge in [0.05, 0.1) is 0 Å². The summed E-state index contributed by atoms with van der Waals surface area (Å²) in [7, 11) is 2.22. The van der Waals surface area contributed by atoms with Gasteiger partial charge in [0, 0.05) is 49.3 Å². The summed E-state index contributed by atoms with van der Waals surface area (Å²) in [5.41, 5.74) is 5.81. The summed E-state index contributed by atoms with van der Waals surface area (Å²) in [5.74, 6) is 0. The Balaban J connectivity index is 1.72. The van der Waals surface area contributed by atoms with Gasteiger partial charge in [-0.05, 0) is 64.9 Å². The van der Waals surface area contributed by atoms with Crippen molar-refractivity contribution in [3.05, 3.63) is 35.0 Å². The molecule has 2 heterocycles. The molecule has 1 aromatic carbocycles. The predicted octanol–water partition coefficient (Wildman–Crippen LogP) is 3.46. The second-order valence-electron chi connectivity index (χ2n) is 7.08. The van der Waals surface area contributed by atoms with Crippen molar-refractivity contribution in [1.82, 2.24) is 14.4 Å². The molecule has 23 heavy (non-hydrogen) atoms. The van der Waals surface area contributed by atoms with Crippen LogP contribution in [0.15, 0.2) is 18.2 Å². The number of benzene rings is 1. The van der Waals surface area contributed by atoms with Crippen molar-refractivity contribution in [2.75, 3.05) is 39.8 Å². The van der Waals surface area contributed by atoms with Crippen molar-refractivity contribution < 1.29 is 0 Å². The third-order valence-corrected chi connectivity index (χ3v) is 5.42. The Hall–Kier alpha value is -1.32. The topological polar surface area (TPSA) is 11.4 Å². The highest BCUT2D eigenvalue weighted by molar-refractivity contribution is 5.86. The van der Waals surface area contributed by atoms with Crippen molar-refractivity contribution in [3.8, 4) is 0 Å². The Labute approximate surface area is 140 Å². The zero-order chi connectivity index (χ0) is 16.4. The highest BCUT2D eigenvalue weighted by Gasteiger charge is 2.15. The molecule has 0 saturated carbocycles. The monoisotopic (exact) mass is 313 g/mol. The van der Waals surface area contributed by atoms with Gasteiger partial charge in [0.15, 0.2) is 0 Å². The van der Waals surface area contributed by atoms with Gasteiger partial charge in [0.2, 0.25) is 0 Å². The fraction of sp³-hybridized carbons (Fsp3) is 0.600. The first-order valence-electron chi connectivity index (χ1n) is 9.09. The van der Waals surface area contributed by atoms with Gasteiger partial charge >= 0.3 is 0 Å². The Morgan fingerprint density at radius 3 is 2.48 bits per heavy atom. The van der Waals surface area contributed by atoms with Gasteiger partial charge < -0.3 is 14.4 Å². The van der Waals surface area contributed by atoms with E-state index in [0.29, 0.717) is 0 Å². The van der Waals surface area contributed by atoms with E-state index in [4.69, 9.17) is 0 Å². The number of nitrogens with zero attached hydrogens (tertiary/aromatic N) is 3. The second-order valence-corrected chi connectivity index (χ2v) is 7.08. The van der Waals surface area contributed by atoms with Crippen LogP contribution in [0.2, 0.25) is 0 Å². The molecule has 0 aliphatic carbocycles. The van der Waals surface area contributed by atoms with Crippen molar-refractivity contribution in [2.45, 2.75) is 40.2 Å². The summed E-state index contributed by atoms with van der Waals surface area (Å²) in [6.07, 6.45) is 2.46. The summed E-state index contributed by atoms with van der Waals surface area (Å²) < 4.78 is 2.47. The van der Waals surface area contributed by atoms with E-state index in [1.807, 2.05) is 0 Å². The lowest BCUT2D eigenvalue weighted by atomic mass is 10.0. The van der Waals surface area contributed by atoms with E-state index >= 15 is 0 Å². The van der Waals surface area contributed by atoms with Crippen LogP contribution in [0.4, 0.5) is 0 Å². The Kier molecular flexibility index (Phi) is 5.08. The fourth-order valence-electron chi connectivity index (χ4n) is 3.94. The van der Waals surface area contributed by atoms with Crippen LogP contribution in [-0.2, 0) is 13.0 Å². The maximum Gasteiger partial charge on any atom is 0.0485 e. The molecule has 3 nitrogen and oxygen atoms in total. The SMILES string of the molecule is CCn1c(C)c(CCCN2CCN(C)CC2)c2cc(C)ccc21. The van der Waals surface area contributed by atoms with Crippen LogP contribution in [0.3, 0.4) is 0 Å². The van der Waals surface area contributed by atoms with Crippen LogP contribution >= 0.6 is 0 Å². The molecule has 1 aliphatic rings. The molecule has 0 spiro atoms. The van der Waals surface area contributed by atoms with Crippen LogP contribution in [-0.4, -0.2) is 54.1 Å². The van der Waals surface area contributed by atoms with E-state index in [2.05, 4.69) is 60.4 Å². The van der Waals surface area contributed by atoms with Crippen molar-refractivity contribution >= 4 is 10.9 Å². The van der Waals surface area contributed by atoms with E-state index in [0.717, 1.165) is 6.54 Å². The van der Waals surface area contributed by atoms with Gasteiger partial charge in [-0.25, -0.2) is 0 Å². The number of piperazine rings is 1. The molecule has 0 radical (unpaired) electrons. The van der Waals surface area contributed by atoms with Crippen molar-refractivity contribution in [3.63, 3.8) is 0 Å². The minimum absolute atomic E-state index is 1.06. The maximum atomic E-state index is 2.62. The van der Waals surface area contributed by atoms with Crippen LogP contribution < -0.4 is 0 Å². The van der Waals surface area contributed by atoms with E-state index in [-0.39, 0.29) is 0 Å². The van der Waals surface area contributed by atoms with Gasteiger partial charge in [-0.15, -0.1) is 0 Å². The van der Waals surface area contributed by atoms with E-state index < -0.39 is 0 Å². The molecule has 0 unspecified atom stereocenters. The molecule has 0 N–H and O–H groups in total. The third kappa shape index (κ3) is 3.46. The average Bonchev–Trinajstić information content (AvgIpc) is 2.80. The minimum Gasteiger partial charge on any atom is -0.345 e. The maximum absolute atomic E-state index is 2.62. The highest BCUT2D eigenvalue weighted by Crippen LogP contribution is 2.28. The van der Waals surface area contributed by atoms with Gasteiger partial charge in [-0.3, -0.25) is 0 Å². The summed E-state index contributed by atoms with van der Waals surface area (Å²) in [6.45, 7) is 13.9. The van der Waals surface area contributed by atoms with Crippen LogP contribution in [0.5, 0.6) is 0 Å². The lowest BCUT2D eigenvalue weighted by Crippen LogP contribution is -2.44. The summed E-state index contributed by atoms with van der Waals surface area (Å²) in [4.78, 5) is 5.05. The first-order chi connectivity index (χ1) is 11.1. The zero-order valence-electron chi connectivity index (χ0n) is 15.2. The summed E-state index contributed by atoms with van der Waals surface area (Å²) >= 11 is 0. The smallest absolute Gasteiger partial charge is 0.0485 e. The van der Waals surface area contributed by atoms with Crippen LogP contribution in [0, 0.1) is 13.8 Å². The normalized spacial score (nSPS) is 17.2. The number of fused-ring (bicyclic) bond motifs is 1. The van der Waals surface area contributed by atoms with Gasteiger partial charge in [0.25, 0.3) is 0 Å². The van der Waals surface area contributed by atoms with Gasteiger partial charge in [-0.1, -0.05) is 11.6 Å². The van der Waals surface area contributed by atoms with E-state index in [1.54, 1.807) is 5.56 Å². The predicted molar refractivity (Wildman–Crippen MR) is 99.3 cm³/mol. The third-order valence-electron chi connectivity index (χ3n) is 5.42. The zero-order valence-corrected chi connectivity index (χ0v) is 15.2. The summed E-state index contributed by atoms with van der Waals surface area (Å²) in [6, 6.07) is 6.91. The van der Waals surface area contributed by atoms with Crippen molar-refractivity contribution in [2.24, 2.45) is 0 Å². The molecule has 2 aromatic rings. The molecular weight excluding hydrogens is 282 g/mol. The standard InChI is InChI=1S/C20H31N3/c1-5-23-17(3)18(19-15-16(2)8-9-20(19)23)7-6-10-22-13-11-21(4)12-14-22/h8-9,15H,5-7,10-14H2,1-4H3. The fourth-order valence-corrected chi connectivity index (χ4v) is 3.94.